The monoisotopic (exact) mass is 908 g/mol. The number of ether oxygens (including phenoxy) is 2. The summed E-state index contributed by atoms with van der Waals surface area (Å²) in [6.07, 6.45) is 10.6. The molecule has 12 heteroatoms. The molecule has 0 aromatic heterocycles. The predicted octanol–water partition coefficient (Wildman–Crippen LogP) is 10.8. The second kappa shape index (κ2) is 23.4. The maximum atomic E-state index is 13.4. The number of halogens is 2. The molecule has 2 heterocycles. The molecule has 6 rings (SSSR count). The lowest BCUT2D eigenvalue weighted by molar-refractivity contribution is -0.128. The Hall–Kier alpha value is -5.58. The summed E-state index contributed by atoms with van der Waals surface area (Å²) in [7, 11) is 3.35. The first-order valence-electron chi connectivity index (χ1n) is 22.0. The van der Waals surface area contributed by atoms with Gasteiger partial charge in [0, 0.05) is 37.0 Å². The maximum absolute atomic E-state index is 13.4. The topological polar surface area (TPSA) is 117 Å². The summed E-state index contributed by atoms with van der Waals surface area (Å²) < 4.78 is 12.2. The minimum atomic E-state index is -0.637. The highest BCUT2D eigenvalue weighted by Gasteiger charge is 2.35. The summed E-state index contributed by atoms with van der Waals surface area (Å²) in [6, 6.07) is 27.6. The predicted molar refractivity (Wildman–Crippen MR) is 256 cm³/mol. The number of benzene rings is 4. The lowest BCUT2D eigenvalue weighted by Crippen LogP contribution is -2.51. The van der Waals surface area contributed by atoms with Crippen molar-refractivity contribution in [1.29, 1.82) is 0 Å². The van der Waals surface area contributed by atoms with Crippen LogP contribution in [-0.4, -0.2) is 71.8 Å². The van der Waals surface area contributed by atoms with Crippen molar-refractivity contribution in [3.05, 3.63) is 154 Å². The molecule has 2 aliphatic heterocycles. The second-order valence-corrected chi connectivity index (χ2v) is 18.0. The smallest absolute Gasteiger partial charge is 0.258 e. The van der Waals surface area contributed by atoms with Crippen LogP contribution in [0.2, 0.25) is 10.0 Å². The van der Waals surface area contributed by atoms with E-state index in [1.54, 1.807) is 50.5 Å². The van der Waals surface area contributed by atoms with Crippen molar-refractivity contribution in [2.24, 2.45) is 11.8 Å². The molecular formula is C52H62Cl2N4O6. The Morgan fingerprint density at radius 2 is 0.891 bits per heavy atom. The van der Waals surface area contributed by atoms with Gasteiger partial charge in [0.15, 0.2) is 0 Å². The van der Waals surface area contributed by atoms with E-state index in [2.05, 4.69) is 34.9 Å². The number of nitrogens with one attached hydrogen (secondary N) is 2. The largest absolute Gasteiger partial charge is 0.490 e. The Kier molecular flexibility index (Phi) is 18.1. The molecule has 0 unspecified atom stereocenters. The molecule has 0 aliphatic carbocycles. The third kappa shape index (κ3) is 13.2. The maximum Gasteiger partial charge on any atom is 0.258 e. The fourth-order valence-corrected chi connectivity index (χ4v) is 8.46. The number of hydrogen-bond acceptors (Lipinski definition) is 6. The highest BCUT2D eigenvalue weighted by atomic mass is 35.5. The summed E-state index contributed by atoms with van der Waals surface area (Å²) in [4.78, 5) is 56.7. The van der Waals surface area contributed by atoms with E-state index >= 15 is 0 Å². The number of carbonyl (C=O) groups excluding carboxylic acids is 4. The van der Waals surface area contributed by atoms with Crippen LogP contribution in [-0.2, 0) is 9.59 Å². The summed E-state index contributed by atoms with van der Waals surface area (Å²) in [5.41, 5.74) is 2.75. The molecular weight excluding hydrogens is 847 g/mol. The Labute approximate surface area is 389 Å². The fraction of sp³-hybridized carbons (Fsp3) is 0.385. The van der Waals surface area contributed by atoms with Gasteiger partial charge in [0.25, 0.3) is 11.8 Å². The van der Waals surface area contributed by atoms with Gasteiger partial charge in [-0.2, -0.15) is 0 Å². The molecule has 340 valence electrons. The molecule has 4 amide bonds. The number of para-hydroxylation sites is 2. The van der Waals surface area contributed by atoms with E-state index < -0.39 is 12.1 Å². The minimum Gasteiger partial charge on any atom is -0.490 e. The average molecular weight is 910 g/mol. The zero-order valence-corrected chi connectivity index (χ0v) is 39.6. The molecule has 0 spiro atoms. The van der Waals surface area contributed by atoms with E-state index in [4.69, 9.17) is 32.7 Å². The number of fused-ring (bicyclic) bond motifs is 2. The molecule has 4 aromatic carbocycles. The molecule has 0 saturated carbocycles. The van der Waals surface area contributed by atoms with Crippen molar-refractivity contribution in [1.82, 2.24) is 20.4 Å². The second-order valence-electron chi connectivity index (χ2n) is 17.2. The fourth-order valence-electron chi connectivity index (χ4n) is 8.06. The van der Waals surface area contributed by atoms with Gasteiger partial charge in [0.1, 0.15) is 23.6 Å². The van der Waals surface area contributed by atoms with Gasteiger partial charge < -0.3 is 29.9 Å². The van der Waals surface area contributed by atoms with E-state index in [0.717, 1.165) is 11.1 Å². The first-order valence-corrected chi connectivity index (χ1v) is 22.8. The molecule has 0 radical (unpaired) electrons. The van der Waals surface area contributed by atoms with Crippen LogP contribution < -0.4 is 20.1 Å². The number of carbonyl (C=O) groups is 4. The third-order valence-corrected chi connectivity index (χ3v) is 11.8. The van der Waals surface area contributed by atoms with Crippen LogP contribution in [0.3, 0.4) is 0 Å². The average Bonchev–Trinajstić information content (AvgIpc) is 3.25. The molecule has 2 aliphatic rings. The zero-order chi connectivity index (χ0) is 46.5. The standard InChI is InChI=1S/2C26H31ClN2O3/c2*1-17(2)24-25(30)28-22(19-11-9-12-20(27)16-19)14-7-5-10-18(3)32-23-15-8-6-13-21(23)26(31)29(24)4/h2*5-9,11-13,15-18,22,24H,10,14H2,1-4H3,(H,28,30)/b7-5+;7-5-/t2*18-,22-,24-/m00/s1. The molecule has 4 aromatic rings. The van der Waals surface area contributed by atoms with Crippen LogP contribution in [0, 0.1) is 11.8 Å². The molecule has 2 N–H and O–H groups in total. The highest BCUT2D eigenvalue weighted by Crippen LogP contribution is 2.29. The summed E-state index contributed by atoms with van der Waals surface area (Å²) in [5.74, 6) is 0.0149. The van der Waals surface area contributed by atoms with E-state index in [9.17, 15) is 19.2 Å². The Morgan fingerprint density at radius 3 is 1.25 bits per heavy atom. The van der Waals surface area contributed by atoms with Crippen molar-refractivity contribution in [2.75, 3.05) is 14.1 Å². The lowest BCUT2D eigenvalue weighted by Gasteiger charge is -2.32. The van der Waals surface area contributed by atoms with Crippen molar-refractivity contribution >= 4 is 46.8 Å². The van der Waals surface area contributed by atoms with Crippen molar-refractivity contribution in [3.63, 3.8) is 0 Å². The van der Waals surface area contributed by atoms with Crippen LogP contribution in [0.15, 0.2) is 121 Å². The van der Waals surface area contributed by atoms with Gasteiger partial charge in [-0.25, -0.2) is 0 Å². The SMILES string of the molecule is CC(C)[C@H]1C(=O)N[C@H](c2cccc(Cl)c2)C/C=C/C[C@H](C)Oc2ccccc2C(=O)N1C.CC(C)[C@H]1C(=O)N[C@H](c2cccc(Cl)c2)C/C=C\C[C@H](C)Oc2ccccc2C(=O)N1C. The third-order valence-electron chi connectivity index (χ3n) is 11.3. The van der Waals surface area contributed by atoms with Crippen molar-refractivity contribution < 1.29 is 28.7 Å². The number of rotatable bonds is 4. The summed E-state index contributed by atoms with van der Waals surface area (Å²) >= 11 is 12.4. The Bertz CT molecular complexity index is 2140. The first kappa shape index (κ1) is 49.4. The van der Waals surface area contributed by atoms with Gasteiger partial charge in [-0.15, -0.1) is 0 Å². The van der Waals surface area contributed by atoms with Gasteiger partial charge in [-0.1, -0.05) is 124 Å². The summed E-state index contributed by atoms with van der Waals surface area (Å²) in [5, 5.41) is 7.55. The van der Waals surface area contributed by atoms with Crippen LogP contribution in [0.5, 0.6) is 11.5 Å². The molecule has 6 atom stereocenters. The van der Waals surface area contributed by atoms with Gasteiger partial charge in [0.05, 0.1) is 35.4 Å². The first-order chi connectivity index (χ1) is 30.5. The summed E-state index contributed by atoms with van der Waals surface area (Å²) in [6.45, 7) is 11.7. The normalized spacial score (nSPS) is 23.7. The van der Waals surface area contributed by atoms with Gasteiger partial charge in [-0.05, 0) is 98.2 Å². The van der Waals surface area contributed by atoms with E-state index in [0.29, 0.717) is 58.4 Å². The van der Waals surface area contributed by atoms with Crippen LogP contribution in [0.25, 0.3) is 0 Å². The van der Waals surface area contributed by atoms with Gasteiger partial charge >= 0.3 is 0 Å². The Balaban J connectivity index is 0.000000241. The highest BCUT2D eigenvalue weighted by molar-refractivity contribution is 6.30. The molecule has 0 saturated heterocycles. The van der Waals surface area contributed by atoms with Gasteiger partial charge in [0.2, 0.25) is 11.8 Å². The Morgan fingerprint density at radius 1 is 0.531 bits per heavy atom. The van der Waals surface area contributed by atoms with Crippen LogP contribution >= 0.6 is 23.2 Å². The minimum absolute atomic E-state index is 0.0839. The number of likely N-dealkylation sites (N-methyl/N-ethyl adjacent to an activating group) is 2. The van der Waals surface area contributed by atoms with Gasteiger partial charge in [-0.3, -0.25) is 19.2 Å². The zero-order valence-electron chi connectivity index (χ0n) is 38.1. The number of nitrogens with zero attached hydrogens (tertiary/aromatic N) is 2. The van der Waals surface area contributed by atoms with Crippen molar-refractivity contribution in [2.45, 2.75) is 104 Å². The number of amides is 4. The number of hydrogen-bond donors (Lipinski definition) is 2. The quantitative estimate of drug-likeness (QED) is 0.197. The van der Waals surface area contributed by atoms with E-state index in [1.165, 1.54) is 9.80 Å². The van der Waals surface area contributed by atoms with Crippen LogP contribution in [0.1, 0.15) is 111 Å². The van der Waals surface area contributed by atoms with E-state index in [-0.39, 0.29) is 59.8 Å². The van der Waals surface area contributed by atoms with E-state index in [1.807, 2.05) is 102 Å². The molecule has 0 fully saturated rings. The molecule has 64 heavy (non-hydrogen) atoms. The van der Waals surface area contributed by atoms with Crippen molar-refractivity contribution in [3.8, 4) is 11.5 Å². The van der Waals surface area contributed by atoms with Crippen LogP contribution in [0.4, 0.5) is 0 Å². The lowest BCUT2D eigenvalue weighted by atomic mass is 9.98. The molecule has 10 nitrogen and oxygen atoms in total. The molecule has 0 bridgehead atoms.